The summed E-state index contributed by atoms with van der Waals surface area (Å²) >= 11 is 0. The number of hydrogen-bond acceptors (Lipinski definition) is 3. The minimum absolute atomic E-state index is 0.175. The zero-order valence-electron chi connectivity index (χ0n) is 11.6. The highest BCUT2D eigenvalue weighted by molar-refractivity contribution is 5.88. The van der Waals surface area contributed by atoms with Gasteiger partial charge in [0.15, 0.2) is 0 Å². The van der Waals surface area contributed by atoms with E-state index in [9.17, 15) is 18.0 Å². The topological polar surface area (TPSA) is 66.9 Å². The molecule has 0 aliphatic rings. The molecule has 8 heteroatoms. The summed E-state index contributed by atoms with van der Waals surface area (Å²) in [5, 5.41) is 4.87. The fourth-order valence-electron chi connectivity index (χ4n) is 1.73. The first kappa shape index (κ1) is 15.7. The summed E-state index contributed by atoms with van der Waals surface area (Å²) in [6.45, 7) is 1.73. The second-order valence-corrected chi connectivity index (χ2v) is 4.51. The van der Waals surface area contributed by atoms with E-state index in [0.29, 0.717) is 0 Å². The van der Waals surface area contributed by atoms with E-state index < -0.39 is 17.9 Å². The number of rotatable bonds is 3. The average molecular weight is 310 g/mol. The molecule has 1 atom stereocenters. The van der Waals surface area contributed by atoms with E-state index in [0.717, 1.165) is 11.6 Å². The van der Waals surface area contributed by atoms with Gasteiger partial charge in [-0.15, -0.1) is 0 Å². The number of amides is 2. The maximum absolute atomic E-state index is 12.5. The summed E-state index contributed by atoms with van der Waals surface area (Å²) in [7, 11) is 0. The lowest BCUT2D eigenvalue weighted by Gasteiger charge is -2.14. The molecule has 0 unspecified atom stereocenters. The third-order valence-electron chi connectivity index (χ3n) is 2.81. The first-order valence-electron chi connectivity index (χ1n) is 6.38. The highest BCUT2D eigenvalue weighted by atomic mass is 19.4. The van der Waals surface area contributed by atoms with Gasteiger partial charge in [-0.1, -0.05) is 12.1 Å². The summed E-state index contributed by atoms with van der Waals surface area (Å²) in [4.78, 5) is 19.1. The molecular formula is C14H13F3N4O. The summed E-state index contributed by atoms with van der Waals surface area (Å²) in [6.07, 6.45) is -1.37. The van der Waals surface area contributed by atoms with Crippen molar-refractivity contribution >= 4 is 11.8 Å². The number of urea groups is 1. The van der Waals surface area contributed by atoms with E-state index in [1.807, 2.05) is 0 Å². The predicted octanol–water partition coefficient (Wildman–Crippen LogP) is 3.38. The van der Waals surface area contributed by atoms with Crippen LogP contribution >= 0.6 is 0 Å². The van der Waals surface area contributed by atoms with Crippen molar-refractivity contribution in [1.82, 2.24) is 15.3 Å². The molecule has 0 aliphatic carbocycles. The van der Waals surface area contributed by atoms with Crippen molar-refractivity contribution in [3.63, 3.8) is 0 Å². The highest BCUT2D eigenvalue weighted by Gasteiger charge is 2.32. The number of carbonyl (C=O) groups is 1. The minimum atomic E-state index is -4.56. The van der Waals surface area contributed by atoms with Gasteiger partial charge in [0, 0.05) is 12.4 Å². The zero-order valence-corrected chi connectivity index (χ0v) is 11.6. The van der Waals surface area contributed by atoms with Crippen molar-refractivity contribution in [3.8, 4) is 0 Å². The van der Waals surface area contributed by atoms with E-state index in [1.54, 1.807) is 31.5 Å². The molecule has 116 valence electrons. The summed E-state index contributed by atoms with van der Waals surface area (Å²) in [5.41, 5.74) is -0.291. The Labute approximate surface area is 124 Å². The maximum atomic E-state index is 12.5. The Morgan fingerprint density at radius 2 is 2.00 bits per heavy atom. The minimum Gasteiger partial charge on any atom is -0.331 e. The van der Waals surface area contributed by atoms with Crippen LogP contribution in [0.5, 0.6) is 0 Å². The van der Waals surface area contributed by atoms with Crippen LogP contribution in [0.4, 0.5) is 23.8 Å². The summed E-state index contributed by atoms with van der Waals surface area (Å²) in [5.74, 6) is -0.175. The van der Waals surface area contributed by atoms with Gasteiger partial charge >= 0.3 is 12.2 Å². The second kappa shape index (κ2) is 6.42. The van der Waals surface area contributed by atoms with Gasteiger partial charge in [0.25, 0.3) is 0 Å². The smallest absolute Gasteiger partial charge is 0.331 e. The van der Waals surface area contributed by atoms with Gasteiger partial charge in [-0.3, -0.25) is 10.3 Å². The van der Waals surface area contributed by atoms with E-state index in [-0.39, 0.29) is 11.9 Å². The number of pyridine rings is 2. The average Bonchev–Trinajstić information content (AvgIpc) is 2.47. The fourth-order valence-corrected chi connectivity index (χ4v) is 1.73. The lowest BCUT2D eigenvalue weighted by Crippen LogP contribution is -2.31. The van der Waals surface area contributed by atoms with Crippen molar-refractivity contribution in [1.29, 1.82) is 0 Å². The summed E-state index contributed by atoms with van der Waals surface area (Å²) < 4.78 is 37.6. The lowest BCUT2D eigenvalue weighted by atomic mass is 10.1. The molecule has 0 saturated heterocycles. The number of anilines is 1. The summed E-state index contributed by atoms with van der Waals surface area (Å²) in [6, 6.07) is 5.80. The van der Waals surface area contributed by atoms with Crippen LogP contribution in [0.3, 0.4) is 0 Å². The molecule has 0 spiro atoms. The van der Waals surface area contributed by atoms with E-state index in [4.69, 9.17) is 0 Å². The molecule has 2 amide bonds. The molecular weight excluding hydrogens is 297 g/mol. The Hall–Kier alpha value is -2.64. The molecule has 0 aromatic carbocycles. The second-order valence-electron chi connectivity index (χ2n) is 4.51. The van der Waals surface area contributed by atoms with Crippen molar-refractivity contribution in [3.05, 3.63) is 54.0 Å². The van der Waals surface area contributed by atoms with Crippen LogP contribution in [-0.2, 0) is 6.18 Å². The molecule has 2 rings (SSSR count). The van der Waals surface area contributed by atoms with Gasteiger partial charge < -0.3 is 5.32 Å². The molecule has 5 nitrogen and oxygen atoms in total. The van der Waals surface area contributed by atoms with Crippen molar-refractivity contribution in [2.75, 3.05) is 5.32 Å². The van der Waals surface area contributed by atoms with Crippen LogP contribution in [-0.4, -0.2) is 16.0 Å². The number of hydrogen-bond donors (Lipinski definition) is 2. The quantitative estimate of drug-likeness (QED) is 0.913. The number of nitrogens with zero attached hydrogens (tertiary/aromatic N) is 2. The molecule has 2 heterocycles. The Morgan fingerprint density at radius 1 is 1.23 bits per heavy atom. The Balaban J connectivity index is 2.01. The first-order valence-corrected chi connectivity index (χ1v) is 6.38. The predicted molar refractivity (Wildman–Crippen MR) is 74.0 cm³/mol. The lowest BCUT2D eigenvalue weighted by molar-refractivity contribution is -0.141. The van der Waals surface area contributed by atoms with Crippen molar-refractivity contribution in [2.24, 2.45) is 0 Å². The maximum Gasteiger partial charge on any atom is 0.433 e. The van der Waals surface area contributed by atoms with Gasteiger partial charge in [-0.05, 0) is 30.7 Å². The number of aromatic nitrogens is 2. The van der Waals surface area contributed by atoms with Crippen molar-refractivity contribution < 1.29 is 18.0 Å². The molecule has 22 heavy (non-hydrogen) atoms. The van der Waals surface area contributed by atoms with Gasteiger partial charge in [0.2, 0.25) is 0 Å². The van der Waals surface area contributed by atoms with Gasteiger partial charge in [0.05, 0.1) is 6.04 Å². The Bertz CT molecular complexity index is 646. The van der Waals surface area contributed by atoms with E-state index >= 15 is 0 Å². The van der Waals surface area contributed by atoms with Crippen LogP contribution < -0.4 is 10.6 Å². The molecule has 2 N–H and O–H groups in total. The van der Waals surface area contributed by atoms with Crippen LogP contribution in [0.15, 0.2) is 42.7 Å². The largest absolute Gasteiger partial charge is 0.433 e. The Morgan fingerprint density at radius 3 is 2.64 bits per heavy atom. The fraction of sp³-hybridized carbons (Fsp3) is 0.214. The molecule has 0 radical (unpaired) electrons. The van der Waals surface area contributed by atoms with Crippen LogP contribution in [0.25, 0.3) is 0 Å². The number of carbonyl (C=O) groups excluding carboxylic acids is 1. The molecule has 0 bridgehead atoms. The SMILES string of the molecule is C[C@H](NC(=O)Nc1cccc(C(F)(F)F)n1)c1cccnc1. The molecule has 0 fully saturated rings. The Kier molecular flexibility index (Phi) is 4.59. The van der Waals surface area contributed by atoms with Crippen LogP contribution in [0.2, 0.25) is 0 Å². The van der Waals surface area contributed by atoms with Crippen LogP contribution in [0, 0.1) is 0 Å². The van der Waals surface area contributed by atoms with Gasteiger partial charge in [0.1, 0.15) is 11.5 Å². The zero-order chi connectivity index (χ0) is 16.2. The highest BCUT2D eigenvalue weighted by Crippen LogP contribution is 2.28. The first-order chi connectivity index (χ1) is 10.4. The number of halogens is 3. The molecule has 2 aromatic rings. The van der Waals surface area contributed by atoms with Crippen LogP contribution in [0.1, 0.15) is 24.2 Å². The third-order valence-corrected chi connectivity index (χ3v) is 2.81. The molecule has 2 aromatic heterocycles. The number of alkyl halides is 3. The monoisotopic (exact) mass is 310 g/mol. The normalized spacial score (nSPS) is 12.5. The van der Waals surface area contributed by atoms with E-state index in [2.05, 4.69) is 20.6 Å². The van der Waals surface area contributed by atoms with E-state index in [1.165, 1.54) is 12.1 Å². The molecule has 0 saturated carbocycles. The van der Waals surface area contributed by atoms with Crippen molar-refractivity contribution in [2.45, 2.75) is 19.1 Å². The van der Waals surface area contributed by atoms with Gasteiger partial charge in [-0.2, -0.15) is 13.2 Å². The number of nitrogens with one attached hydrogen (secondary N) is 2. The van der Waals surface area contributed by atoms with Gasteiger partial charge in [-0.25, -0.2) is 9.78 Å². The third kappa shape index (κ3) is 4.18. The standard InChI is InChI=1S/C14H13F3N4O/c1-9(10-4-3-7-18-8-10)19-13(22)21-12-6-2-5-11(20-12)14(15,16)17/h2-9H,1H3,(H2,19,20,21,22)/t9-/m0/s1. The molecule has 0 aliphatic heterocycles.